The van der Waals surface area contributed by atoms with E-state index in [1.165, 1.54) is 11.3 Å². The average Bonchev–Trinajstić information content (AvgIpc) is 2.53. The van der Waals surface area contributed by atoms with Crippen molar-refractivity contribution in [3.63, 3.8) is 0 Å². The summed E-state index contributed by atoms with van der Waals surface area (Å²) >= 11 is 1.50. The Labute approximate surface area is 70.8 Å². The molecule has 0 fully saturated rings. The summed E-state index contributed by atoms with van der Waals surface area (Å²) in [6.45, 7) is 0. The van der Waals surface area contributed by atoms with Gasteiger partial charge >= 0.3 is 0 Å². The third-order valence-corrected chi connectivity index (χ3v) is 2.20. The second-order valence-electron chi connectivity index (χ2n) is 2.16. The Bertz CT molecular complexity index is 369. The van der Waals surface area contributed by atoms with Crippen molar-refractivity contribution < 1.29 is 1.37 Å². The summed E-state index contributed by atoms with van der Waals surface area (Å²) in [7, 11) is 0. The molecule has 0 radical (unpaired) electrons. The lowest BCUT2D eigenvalue weighted by Crippen LogP contribution is -1.67. The van der Waals surface area contributed by atoms with E-state index in [1.54, 1.807) is 5.51 Å². The fraction of sp³-hybridized carbons (Fsp3) is 0. The highest BCUT2D eigenvalue weighted by atomic mass is 32.1. The zero-order valence-corrected chi connectivity index (χ0v) is 6.64. The van der Waals surface area contributed by atoms with Crippen molar-refractivity contribution in [3.8, 4) is 10.4 Å². The van der Waals surface area contributed by atoms with Gasteiger partial charge in [0.15, 0.2) is 0 Å². The third-order valence-electron chi connectivity index (χ3n) is 1.43. The van der Waals surface area contributed by atoms with Gasteiger partial charge in [-0.3, -0.25) is 4.98 Å². The third kappa shape index (κ3) is 1.30. The Hall–Kier alpha value is -1.15. The van der Waals surface area contributed by atoms with Gasteiger partial charge in [-0.05, 0) is 5.56 Å². The second kappa shape index (κ2) is 2.84. The predicted molar refractivity (Wildman–Crippen MR) is 47.6 cm³/mol. The smallest absolute Gasteiger partial charge is 0.0856 e. The van der Waals surface area contributed by atoms with Gasteiger partial charge in [-0.15, -0.1) is 11.3 Å². The molecule has 0 aliphatic carbocycles. The molecule has 0 atom stereocenters. The van der Waals surface area contributed by atoms with Gasteiger partial charge in [-0.2, -0.15) is 0 Å². The normalized spacial score (nSPS) is 11.1. The minimum absolute atomic E-state index is 0.367. The summed E-state index contributed by atoms with van der Waals surface area (Å²) < 4.78 is 7.49. The van der Waals surface area contributed by atoms with Crippen LogP contribution < -0.4 is 0 Å². The van der Waals surface area contributed by atoms with E-state index in [-0.39, 0.29) is 0 Å². The van der Waals surface area contributed by atoms with Gasteiger partial charge < -0.3 is 0 Å². The molecule has 0 saturated heterocycles. The van der Waals surface area contributed by atoms with Crippen molar-refractivity contribution in [2.24, 2.45) is 0 Å². The van der Waals surface area contributed by atoms with Gasteiger partial charge in [0.2, 0.25) is 0 Å². The molecule has 0 aliphatic heterocycles. The van der Waals surface area contributed by atoms with E-state index in [4.69, 9.17) is 1.37 Å². The monoisotopic (exact) mass is 162 g/mol. The molecule has 1 aromatic carbocycles. The second-order valence-corrected chi connectivity index (χ2v) is 3.01. The maximum atomic E-state index is 7.49. The van der Waals surface area contributed by atoms with E-state index in [9.17, 15) is 0 Å². The van der Waals surface area contributed by atoms with Gasteiger partial charge in [-0.25, -0.2) is 0 Å². The Balaban J connectivity index is 2.51. The van der Waals surface area contributed by atoms with E-state index in [0.717, 1.165) is 10.4 Å². The van der Waals surface area contributed by atoms with E-state index in [2.05, 4.69) is 4.98 Å². The molecule has 1 heterocycles. The first-order valence-corrected chi connectivity index (χ1v) is 4.21. The molecule has 0 unspecified atom stereocenters. The van der Waals surface area contributed by atoms with Crippen molar-refractivity contribution >= 4 is 11.3 Å². The summed E-state index contributed by atoms with van der Waals surface area (Å²) in [5.41, 5.74) is 2.77. The summed E-state index contributed by atoms with van der Waals surface area (Å²) in [4.78, 5) is 4.82. The van der Waals surface area contributed by atoms with Gasteiger partial charge in [0, 0.05) is 6.17 Å². The first-order chi connectivity index (χ1) is 5.88. The first-order valence-electron chi connectivity index (χ1n) is 3.83. The molecule has 0 N–H and O–H groups in total. The van der Waals surface area contributed by atoms with E-state index < -0.39 is 0 Å². The van der Waals surface area contributed by atoms with Crippen molar-refractivity contribution in [3.05, 3.63) is 42.0 Å². The number of thiazole rings is 1. The van der Waals surface area contributed by atoms with Crippen LogP contribution in [0.15, 0.2) is 42.0 Å². The van der Waals surface area contributed by atoms with Crippen LogP contribution in [0.1, 0.15) is 1.37 Å². The number of nitrogens with zero attached hydrogens (tertiary/aromatic N) is 1. The molecule has 0 bridgehead atoms. The predicted octanol–water partition coefficient (Wildman–Crippen LogP) is 2.81. The Morgan fingerprint density at radius 3 is 2.73 bits per heavy atom. The zero-order valence-electron chi connectivity index (χ0n) is 6.82. The molecular weight excluding hydrogens is 154 g/mol. The minimum atomic E-state index is 0.367. The van der Waals surface area contributed by atoms with E-state index in [1.807, 2.05) is 30.3 Å². The highest BCUT2D eigenvalue weighted by molar-refractivity contribution is 7.13. The Kier molecular flexibility index (Phi) is 1.42. The zero-order chi connectivity index (χ0) is 8.39. The van der Waals surface area contributed by atoms with Crippen molar-refractivity contribution in [2.75, 3.05) is 0 Å². The lowest BCUT2D eigenvalue weighted by molar-refractivity contribution is 1.42. The average molecular weight is 162 g/mol. The number of benzene rings is 1. The summed E-state index contributed by atoms with van der Waals surface area (Å²) in [6.07, 6.45) is 0.367. The molecule has 1 aromatic heterocycles. The molecule has 2 rings (SSSR count). The van der Waals surface area contributed by atoms with E-state index >= 15 is 0 Å². The molecule has 2 aromatic rings. The van der Waals surface area contributed by atoms with Crippen LogP contribution in [0.5, 0.6) is 0 Å². The number of hydrogen-bond donors (Lipinski definition) is 0. The van der Waals surface area contributed by atoms with Gasteiger partial charge in [0.1, 0.15) is 0 Å². The fourth-order valence-corrected chi connectivity index (χ4v) is 1.50. The van der Waals surface area contributed by atoms with Crippen molar-refractivity contribution in [1.82, 2.24) is 4.98 Å². The SMILES string of the molecule is [2H]c1ncsc1-c1ccccc1. The molecule has 0 saturated carbocycles. The van der Waals surface area contributed by atoms with Crippen LogP contribution >= 0.6 is 11.3 Å². The fourth-order valence-electron chi connectivity index (χ4n) is 0.913. The summed E-state index contributed by atoms with van der Waals surface area (Å²) in [5.74, 6) is 0. The molecular formula is C9H7NS. The largest absolute Gasteiger partial charge is 0.252 e. The van der Waals surface area contributed by atoms with Crippen LogP contribution in [0.2, 0.25) is 0 Å². The molecule has 2 heteroatoms. The number of rotatable bonds is 1. The summed E-state index contributed by atoms with van der Waals surface area (Å²) in [5, 5.41) is 0. The highest BCUT2D eigenvalue weighted by Gasteiger charge is 1.95. The molecule has 54 valence electrons. The maximum absolute atomic E-state index is 7.49. The van der Waals surface area contributed by atoms with Crippen LogP contribution in [-0.2, 0) is 0 Å². The van der Waals surface area contributed by atoms with Crippen LogP contribution in [0.25, 0.3) is 10.4 Å². The van der Waals surface area contributed by atoms with Crippen molar-refractivity contribution in [1.29, 1.82) is 0 Å². The number of hydrogen-bond acceptors (Lipinski definition) is 2. The maximum Gasteiger partial charge on any atom is 0.0856 e. The van der Waals surface area contributed by atoms with Crippen LogP contribution in [0.4, 0.5) is 0 Å². The number of aromatic nitrogens is 1. The Morgan fingerprint density at radius 2 is 2.09 bits per heavy atom. The van der Waals surface area contributed by atoms with Crippen LogP contribution in [0, 0.1) is 0 Å². The molecule has 0 spiro atoms. The molecule has 0 aliphatic rings. The molecule has 1 nitrogen and oxygen atoms in total. The standard InChI is InChI=1S/C9H7NS/c1-2-4-8(5-3-1)9-6-10-7-11-9/h1-7H/i6D. The van der Waals surface area contributed by atoms with Crippen LogP contribution in [-0.4, -0.2) is 4.98 Å². The Morgan fingerprint density at radius 1 is 1.27 bits per heavy atom. The quantitative estimate of drug-likeness (QED) is 0.628. The lowest BCUT2D eigenvalue weighted by Gasteiger charge is -1.92. The first kappa shape index (κ1) is 5.49. The molecule has 11 heavy (non-hydrogen) atoms. The van der Waals surface area contributed by atoms with Gasteiger partial charge in [0.25, 0.3) is 0 Å². The van der Waals surface area contributed by atoms with Crippen molar-refractivity contribution in [2.45, 2.75) is 0 Å². The van der Waals surface area contributed by atoms with Gasteiger partial charge in [-0.1, -0.05) is 30.3 Å². The minimum Gasteiger partial charge on any atom is -0.252 e. The van der Waals surface area contributed by atoms with Gasteiger partial charge in [0.05, 0.1) is 11.8 Å². The molecule has 0 amide bonds. The lowest BCUT2D eigenvalue weighted by atomic mass is 10.2. The summed E-state index contributed by atoms with van der Waals surface area (Å²) in [6, 6.07) is 9.88. The highest BCUT2D eigenvalue weighted by Crippen LogP contribution is 2.21. The topological polar surface area (TPSA) is 12.9 Å². The van der Waals surface area contributed by atoms with E-state index in [0.29, 0.717) is 6.17 Å². The van der Waals surface area contributed by atoms with Crippen LogP contribution in [0.3, 0.4) is 0 Å².